The van der Waals surface area contributed by atoms with Crippen molar-refractivity contribution in [2.24, 2.45) is 7.05 Å². The first kappa shape index (κ1) is 18.2. The summed E-state index contributed by atoms with van der Waals surface area (Å²) in [4.78, 5) is 12.4. The molecule has 3 rings (SSSR count). The van der Waals surface area contributed by atoms with E-state index < -0.39 is 0 Å². The van der Waals surface area contributed by atoms with E-state index in [0.29, 0.717) is 11.6 Å². The molecule has 0 aliphatic carbocycles. The highest BCUT2D eigenvalue weighted by molar-refractivity contribution is 9.10. The van der Waals surface area contributed by atoms with Crippen molar-refractivity contribution in [3.63, 3.8) is 0 Å². The topological polar surface area (TPSA) is 56.1 Å². The molecule has 0 saturated carbocycles. The molecule has 0 bridgehead atoms. The average molecular weight is 414 g/mol. The second-order valence-corrected chi connectivity index (χ2v) is 6.96. The van der Waals surface area contributed by atoms with Crippen molar-refractivity contribution in [2.75, 3.05) is 11.9 Å². The maximum absolute atomic E-state index is 12.4. The summed E-state index contributed by atoms with van der Waals surface area (Å²) in [5, 5.41) is 7.37. The summed E-state index contributed by atoms with van der Waals surface area (Å²) in [5.41, 5.74) is 3.75. The summed E-state index contributed by atoms with van der Waals surface area (Å²) in [5.74, 6) is 1.13. The second kappa shape index (κ2) is 7.74. The zero-order valence-corrected chi connectivity index (χ0v) is 16.5. The minimum Gasteiger partial charge on any atom is -0.483 e. The Hall–Kier alpha value is -2.60. The van der Waals surface area contributed by atoms with Crippen LogP contribution in [0.4, 0.5) is 5.82 Å². The lowest BCUT2D eigenvalue weighted by atomic mass is 10.1. The van der Waals surface area contributed by atoms with Gasteiger partial charge in [-0.15, -0.1) is 0 Å². The van der Waals surface area contributed by atoms with Crippen LogP contribution in [0.15, 0.2) is 53.0 Å². The van der Waals surface area contributed by atoms with E-state index in [1.807, 2.05) is 69.4 Å². The van der Waals surface area contributed by atoms with E-state index in [4.69, 9.17) is 4.74 Å². The number of benzene rings is 2. The number of amides is 1. The van der Waals surface area contributed by atoms with Crippen molar-refractivity contribution in [1.29, 1.82) is 0 Å². The van der Waals surface area contributed by atoms with Crippen molar-refractivity contribution >= 4 is 27.7 Å². The molecule has 1 aromatic heterocycles. The molecule has 0 unspecified atom stereocenters. The summed E-state index contributed by atoms with van der Waals surface area (Å²) in [7, 11) is 1.81. The Morgan fingerprint density at radius 1 is 1.15 bits per heavy atom. The first-order valence-corrected chi connectivity index (χ1v) is 9.03. The first-order chi connectivity index (χ1) is 12.5. The Balaban J connectivity index is 1.78. The molecule has 0 saturated heterocycles. The highest BCUT2D eigenvalue weighted by Crippen LogP contribution is 2.31. The highest BCUT2D eigenvalue weighted by Gasteiger charge is 2.17. The average Bonchev–Trinajstić information content (AvgIpc) is 2.88. The maximum atomic E-state index is 12.4. The molecule has 26 heavy (non-hydrogen) atoms. The van der Waals surface area contributed by atoms with Gasteiger partial charge in [-0.1, -0.05) is 46.3 Å². The SMILES string of the molecule is Cc1ccccc1OCC(=O)Nc1c(-c2ccc(Br)cc2)c(C)nn1C. The molecule has 134 valence electrons. The Labute approximate surface area is 161 Å². The normalized spacial score (nSPS) is 10.6. The number of rotatable bonds is 5. The van der Waals surface area contributed by atoms with Crippen molar-refractivity contribution in [3.8, 4) is 16.9 Å². The standard InChI is InChI=1S/C20H20BrN3O2/c1-13-6-4-5-7-17(13)26-12-18(25)22-20-19(14(2)23-24(20)3)15-8-10-16(21)11-9-15/h4-11H,12H2,1-3H3,(H,22,25). The molecule has 0 aliphatic rings. The molecule has 2 aromatic carbocycles. The Morgan fingerprint density at radius 3 is 2.54 bits per heavy atom. The fourth-order valence-corrected chi connectivity index (χ4v) is 3.06. The van der Waals surface area contributed by atoms with Gasteiger partial charge in [-0.2, -0.15) is 5.10 Å². The lowest BCUT2D eigenvalue weighted by Gasteiger charge is -2.11. The molecular formula is C20H20BrN3O2. The summed E-state index contributed by atoms with van der Waals surface area (Å²) in [6.45, 7) is 3.81. The Morgan fingerprint density at radius 2 is 1.85 bits per heavy atom. The Kier molecular flexibility index (Phi) is 5.42. The number of halogens is 1. The van der Waals surface area contributed by atoms with E-state index in [-0.39, 0.29) is 12.5 Å². The summed E-state index contributed by atoms with van der Waals surface area (Å²) in [6, 6.07) is 15.5. The van der Waals surface area contributed by atoms with Crippen LogP contribution < -0.4 is 10.1 Å². The molecule has 3 aromatic rings. The van der Waals surface area contributed by atoms with Crippen LogP contribution in [0.5, 0.6) is 5.75 Å². The number of aryl methyl sites for hydroxylation is 3. The molecule has 0 atom stereocenters. The molecule has 0 spiro atoms. The number of carbonyl (C=O) groups is 1. The molecule has 0 fully saturated rings. The van der Waals surface area contributed by atoms with Crippen LogP contribution in [0.25, 0.3) is 11.1 Å². The van der Waals surface area contributed by atoms with E-state index in [1.54, 1.807) is 4.68 Å². The van der Waals surface area contributed by atoms with Gasteiger partial charge in [-0.05, 0) is 43.2 Å². The quantitative estimate of drug-likeness (QED) is 0.670. The van der Waals surface area contributed by atoms with Gasteiger partial charge >= 0.3 is 0 Å². The van der Waals surface area contributed by atoms with Crippen molar-refractivity contribution in [2.45, 2.75) is 13.8 Å². The van der Waals surface area contributed by atoms with E-state index in [1.165, 1.54) is 0 Å². The maximum Gasteiger partial charge on any atom is 0.263 e. The van der Waals surface area contributed by atoms with Gasteiger partial charge in [-0.3, -0.25) is 9.48 Å². The van der Waals surface area contributed by atoms with Gasteiger partial charge in [-0.25, -0.2) is 0 Å². The first-order valence-electron chi connectivity index (χ1n) is 8.23. The zero-order valence-electron chi connectivity index (χ0n) is 14.9. The highest BCUT2D eigenvalue weighted by atomic mass is 79.9. The smallest absolute Gasteiger partial charge is 0.263 e. The number of anilines is 1. The zero-order chi connectivity index (χ0) is 18.7. The molecule has 1 N–H and O–H groups in total. The third-order valence-electron chi connectivity index (χ3n) is 4.07. The van der Waals surface area contributed by atoms with Crippen LogP contribution in [0, 0.1) is 13.8 Å². The second-order valence-electron chi connectivity index (χ2n) is 6.04. The molecule has 5 nitrogen and oxygen atoms in total. The minimum atomic E-state index is -0.227. The van der Waals surface area contributed by atoms with Crippen molar-refractivity contribution in [3.05, 3.63) is 64.3 Å². The number of para-hydroxylation sites is 1. The van der Waals surface area contributed by atoms with E-state index >= 15 is 0 Å². The minimum absolute atomic E-state index is 0.0607. The van der Waals surface area contributed by atoms with Gasteiger partial charge in [0.1, 0.15) is 11.6 Å². The molecule has 1 amide bonds. The fraction of sp³-hybridized carbons (Fsp3) is 0.200. The van der Waals surface area contributed by atoms with Gasteiger partial charge in [0.25, 0.3) is 5.91 Å². The molecular weight excluding hydrogens is 394 g/mol. The predicted octanol–water partition coefficient (Wildman–Crippen LogP) is 4.48. The van der Waals surface area contributed by atoms with Crippen LogP contribution in [-0.2, 0) is 11.8 Å². The monoisotopic (exact) mass is 413 g/mol. The van der Waals surface area contributed by atoms with Crippen LogP contribution in [0.3, 0.4) is 0 Å². The summed E-state index contributed by atoms with van der Waals surface area (Å²) < 4.78 is 8.31. The number of carbonyl (C=O) groups excluding carboxylic acids is 1. The van der Waals surface area contributed by atoms with Gasteiger partial charge in [0, 0.05) is 17.1 Å². The summed E-state index contributed by atoms with van der Waals surface area (Å²) >= 11 is 3.44. The van der Waals surface area contributed by atoms with E-state index in [2.05, 4.69) is 26.3 Å². The number of nitrogens with zero attached hydrogens (tertiary/aromatic N) is 2. The number of hydrogen-bond acceptors (Lipinski definition) is 3. The van der Waals surface area contributed by atoms with Crippen molar-refractivity contribution < 1.29 is 9.53 Å². The van der Waals surface area contributed by atoms with Crippen LogP contribution >= 0.6 is 15.9 Å². The van der Waals surface area contributed by atoms with Crippen molar-refractivity contribution in [1.82, 2.24) is 9.78 Å². The molecule has 6 heteroatoms. The van der Waals surface area contributed by atoms with Crippen LogP contribution in [0.2, 0.25) is 0 Å². The van der Waals surface area contributed by atoms with Gasteiger partial charge < -0.3 is 10.1 Å². The molecule has 0 aliphatic heterocycles. The lowest BCUT2D eigenvalue weighted by Crippen LogP contribution is -2.22. The number of aromatic nitrogens is 2. The number of ether oxygens (including phenoxy) is 1. The fourth-order valence-electron chi connectivity index (χ4n) is 2.79. The summed E-state index contributed by atoms with van der Waals surface area (Å²) in [6.07, 6.45) is 0. The number of hydrogen-bond donors (Lipinski definition) is 1. The van der Waals surface area contributed by atoms with Gasteiger partial charge in [0.05, 0.1) is 5.69 Å². The van der Waals surface area contributed by atoms with E-state index in [0.717, 1.165) is 26.9 Å². The van der Waals surface area contributed by atoms with Gasteiger partial charge in [0.2, 0.25) is 0 Å². The largest absolute Gasteiger partial charge is 0.483 e. The third-order valence-corrected chi connectivity index (χ3v) is 4.59. The Bertz CT molecular complexity index is 933. The molecule has 1 heterocycles. The predicted molar refractivity (Wildman–Crippen MR) is 106 cm³/mol. The lowest BCUT2D eigenvalue weighted by molar-refractivity contribution is -0.118. The van der Waals surface area contributed by atoms with E-state index in [9.17, 15) is 4.79 Å². The number of nitrogens with one attached hydrogen (secondary N) is 1. The van der Waals surface area contributed by atoms with Crippen LogP contribution in [0.1, 0.15) is 11.3 Å². The van der Waals surface area contributed by atoms with Crippen LogP contribution in [-0.4, -0.2) is 22.3 Å². The molecule has 0 radical (unpaired) electrons. The van der Waals surface area contributed by atoms with Gasteiger partial charge in [0.15, 0.2) is 6.61 Å². The third kappa shape index (κ3) is 3.96.